The molecule has 7 aromatic carbocycles. The SMILES string of the molecule is CCC(CC1C(c2ccccc2)=CC(c2ccccc2)=CN1C)c1ccc(-c2ccc3oc4c(-c5ccc(C#N)cc5)cccc4c3c2)c2ccccc12. The molecule has 2 heterocycles. The molecule has 0 spiro atoms. The number of furan rings is 1. The first-order chi connectivity index (χ1) is 26.6. The lowest BCUT2D eigenvalue weighted by atomic mass is 9.80. The summed E-state index contributed by atoms with van der Waals surface area (Å²) in [7, 11) is 2.24. The van der Waals surface area contributed by atoms with Crippen molar-refractivity contribution in [1.82, 2.24) is 4.90 Å². The molecule has 0 aliphatic carbocycles. The first kappa shape index (κ1) is 33.2. The van der Waals surface area contributed by atoms with Crippen LogP contribution in [0.5, 0.6) is 0 Å². The minimum absolute atomic E-state index is 0.231. The van der Waals surface area contributed by atoms with E-state index in [0.717, 1.165) is 45.9 Å². The Kier molecular flexibility index (Phi) is 8.66. The summed E-state index contributed by atoms with van der Waals surface area (Å²) < 4.78 is 6.51. The third kappa shape index (κ3) is 5.96. The maximum Gasteiger partial charge on any atom is 0.143 e. The van der Waals surface area contributed by atoms with Crippen molar-refractivity contribution in [2.45, 2.75) is 31.7 Å². The Morgan fingerprint density at radius 2 is 1.31 bits per heavy atom. The molecule has 0 N–H and O–H groups in total. The second-order valence-corrected chi connectivity index (χ2v) is 14.4. The predicted molar refractivity (Wildman–Crippen MR) is 225 cm³/mol. The van der Waals surface area contributed by atoms with Gasteiger partial charge in [-0.2, -0.15) is 5.26 Å². The van der Waals surface area contributed by atoms with Crippen LogP contribution in [-0.2, 0) is 0 Å². The van der Waals surface area contributed by atoms with Crippen molar-refractivity contribution in [3.05, 3.63) is 192 Å². The Morgan fingerprint density at radius 1 is 0.630 bits per heavy atom. The van der Waals surface area contributed by atoms with E-state index in [1.165, 1.54) is 49.7 Å². The van der Waals surface area contributed by atoms with Crippen LogP contribution in [0.25, 0.3) is 66.1 Å². The summed E-state index contributed by atoms with van der Waals surface area (Å²) in [5.41, 5.74) is 13.3. The zero-order valence-corrected chi connectivity index (χ0v) is 30.5. The molecule has 3 nitrogen and oxygen atoms in total. The van der Waals surface area contributed by atoms with Gasteiger partial charge in [-0.25, -0.2) is 0 Å². The predicted octanol–water partition coefficient (Wildman–Crippen LogP) is 13.3. The number of fused-ring (bicyclic) bond motifs is 4. The Labute approximate surface area is 316 Å². The number of hydrogen-bond donors (Lipinski definition) is 0. The van der Waals surface area contributed by atoms with Crippen molar-refractivity contribution >= 4 is 43.9 Å². The van der Waals surface area contributed by atoms with Crippen molar-refractivity contribution in [3.63, 3.8) is 0 Å². The second kappa shape index (κ2) is 14.1. The minimum Gasteiger partial charge on any atom is -0.455 e. The smallest absolute Gasteiger partial charge is 0.143 e. The number of nitrogens with zero attached hydrogens (tertiary/aromatic N) is 2. The normalized spacial score (nSPS) is 14.9. The fourth-order valence-corrected chi connectivity index (χ4v) is 8.45. The van der Waals surface area contributed by atoms with E-state index in [-0.39, 0.29) is 6.04 Å². The number of para-hydroxylation sites is 1. The van der Waals surface area contributed by atoms with Gasteiger partial charge in [0.15, 0.2) is 0 Å². The van der Waals surface area contributed by atoms with Gasteiger partial charge in [-0.1, -0.05) is 140 Å². The van der Waals surface area contributed by atoms with Gasteiger partial charge < -0.3 is 9.32 Å². The lowest BCUT2D eigenvalue weighted by molar-refractivity contribution is 0.350. The summed E-state index contributed by atoms with van der Waals surface area (Å²) in [5, 5.41) is 14.1. The van der Waals surface area contributed by atoms with E-state index in [0.29, 0.717) is 11.5 Å². The number of nitriles is 1. The van der Waals surface area contributed by atoms with Crippen LogP contribution in [-0.4, -0.2) is 18.0 Å². The summed E-state index contributed by atoms with van der Waals surface area (Å²) in [4.78, 5) is 2.43. The van der Waals surface area contributed by atoms with Crippen molar-refractivity contribution in [2.75, 3.05) is 7.05 Å². The summed E-state index contributed by atoms with van der Waals surface area (Å²) in [6, 6.07) is 58.3. The average Bonchev–Trinajstić information content (AvgIpc) is 3.62. The number of rotatable bonds is 8. The van der Waals surface area contributed by atoms with Gasteiger partial charge >= 0.3 is 0 Å². The third-order valence-electron chi connectivity index (χ3n) is 11.2. The molecule has 0 fully saturated rings. The summed E-state index contributed by atoms with van der Waals surface area (Å²) in [5.74, 6) is 0.358. The number of likely N-dealkylation sites (N-methyl/N-ethyl adjacent to an activating group) is 1. The molecule has 0 radical (unpaired) electrons. The van der Waals surface area contributed by atoms with Crippen LogP contribution in [0.2, 0.25) is 0 Å². The maximum atomic E-state index is 9.30. The van der Waals surface area contributed by atoms with E-state index in [1.54, 1.807) is 0 Å². The Morgan fingerprint density at radius 3 is 2.06 bits per heavy atom. The first-order valence-corrected chi connectivity index (χ1v) is 18.8. The van der Waals surface area contributed by atoms with Gasteiger partial charge in [0.1, 0.15) is 11.2 Å². The molecule has 2 atom stereocenters. The lowest BCUT2D eigenvalue weighted by Crippen LogP contribution is -2.32. The standard InChI is InChI=1S/C51H40N2O/c1-3-35(31-49-47(37-15-8-5-9-16-37)30-40(33-53(49)2)36-13-6-4-7-14-36)41-26-27-42(45-18-11-10-17-44(41)45)39-25-28-50-48(29-39)46-20-12-19-43(51(46)54-50)38-23-21-34(32-52)22-24-38/h4-30,33,35,49H,3,31H2,1-2H3. The zero-order chi connectivity index (χ0) is 36.6. The molecule has 3 heteroatoms. The molecular formula is C51H40N2O. The van der Waals surface area contributed by atoms with Gasteiger partial charge in [0.25, 0.3) is 0 Å². The Hall–Kier alpha value is -6.63. The number of benzene rings is 7. The molecule has 9 rings (SSSR count). The van der Waals surface area contributed by atoms with Crippen LogP contribution in [0.15, 0.2) is 174 Å². The highest BCUT2D eigenvalue weighted by atomic mass is 16.3. The van der Waals surface area contributed by atoms with Crippen molar-refractivity contribution in [3.8, 4) is 28.3 Å². The van der Waals surface area contributed by atoms with Crippen LogP contribution < -0.4 is 0 Å². The third-order valence-corrected chi connectivity index (χ3v) is 11.2. The van der Waals surface area contributed by atoms with E-state index >= 15 is 0 Å². The van der Waals surface area contributed by atoms with Crippen LogP contribution >= 0.6 is 0 Å². The van der Waals surface area contributed by atoms with Gasteiger partial charge in [0.05, 0.1) is 17.7 Å². The van der Waals surface area contributed by atoms with Gasteiger partial charge in [-0.3, -0.25) is 0 Å². The highest BCUT2D eigenvalue weighted by Gasteiger charge is 2.28. The van der Waals surface area contributed by atoms with Crippen molar-refractivity contribution in [1.29, 1.82) is 5.26 Å². The second-order valence-electron chi connectivity index (χ2n) is 14.4. The van der Waals surface area contributed by atoms with Crippen LogP contribution in [0.3, 0.4) is 0 Å². The highest BCUT2D eigenvalue weighted by molar-refractivity contribution is 6.11. The molecule has 2 unspecified atom stereocenters. The molecule has 1 aromatic heterocycles. The Balaban J connectivity index is 1.09. The molecule has 0 saturated carbocycles. The van der Waals surface area contributed by atoms with Crippen LogP contribution in [0, 0.1) is 11.3 Å². The topological polar surface area (TPSA) is 40.2 Å². The molecule has 54 heavy (non-hydrogen) atoms. The van der Waals surface area contributed by atoms with E-state index in [2.05, 4.69) is 171 Å². The van der Waals surface area contributed by atoms with Gasteiger partial charge in [-0.15, -0.1) is 0 Å². The summed E-state index contributed by atoms with van der Waals surface area (Å²) in [6.45, 7) is 2.33. The summed E-state index contributed by atoms with van der Waals surface area (Å²) >= 11 is 0. The summed E-state index contributed by atoms with van der Waals surface area (Å²) in [6.07, 6.45) is 6.78. The minimum atomic E-state index is 0.231. The quantitative estimate of drug-likeness (QED) is 0.159. The van der Waals surface area contributed by atoms with E-state index < -0.39 is 0 Å². The largest absolute Gasteiger partial charge is 0.455 e. The fourth-order valence-electron chi connectivity index (χ4n) is 8.45. The lowest BCUT2D eigenvalue weighted by Gasteiger charge is -2.36. The fraction of sp³-hybridized carbons (Fsp3) is 0.118. The highest BCUT2D eigenvalue weighted by Crippen LogP contribution is 2.43. The molecule has 8 aromatic rings. The van der Waals surface area contributed by atoms with Gasteiger partial charge in [-0.05, 0) is 104 Å². The zero-order valence-electron chi connectivity index (χ0n) is 30.5. The molecule has 1 aliphatic heterocycles. The molecule has 0 amide bonds. The van der Waals surface area contributed by atoms with Crippen LogP contribution in [0.1, 0.15) is 47.9 Å². The molecule has 260 valence electrons. The number of allylic oxidation sites excluding steroid dienone is 2. The molecule has 0 bridgehead atoms. The maximum absolute atomic E-state index is 9.30. The van der Waals surface area contributed by atoms with E-state index in [1.807, 2.05) is 24.3 Å². The van der Waals surface area contributed by atoms with Crippen molar-refractivity contribution in [2.24, 2.45) is 0 Å². The Bertz CT molecular complexity index is 2750. The monoisotopic (exact) mass is 696 g/mol. The van der Waals surface area contributed by atoms with E-state index in [9.17, 15) is 5.26 Å². The van der Waals surface area contributed by atoms with Crippen LogP contribution in [0.4, 0.5) is 0 Å². The molecule has 0 saturated heterocycles. The average molecular weight is 697 g/mol. The molecular weight excluding hydrogens is 657 g/mol. The first-order valence-electron chi connectivity index (χ1n) is 18.8. The van der Waals surface area contributed by atoms with Crippen molar-refractivity contribution < 1.29 is 4.42 Å². The van der Waals surface area contributed by atoms with Gasteiger partial charge in [0, 0.05) is 29.6 Å². The van der Waals surface area contributed by atoms with Gasteiger partial charge in [0.2, 0.25) is 0 Å². The van der Waals surface area contributed by atoms with E-state index in [4.69, 9.17) is 4.42 Å². The molecule has 1 aliphatic rings. The number of hydrogen-bond acceptors (Lipinski definition) is 3.